The molecule has 38 heavy (non-hydrogen) atoms. The number of amides is 2. The molecule has 3 aromatic rings. The van der Waals surface area contributed by atoms with E-state index in [1.807, 2.05) is 60.7 Å². The summed E-state index contributed by atoms with van der Waals surface area (Å²) in [6.45, 7) is 0.0793. The summed E-state index contributed by atoms with van der Waals surface area (Å²) in [5, 5.41) is 29.7. The van der Waals surface area contributed by atoms with Gasteiger partial charge in [0.05, 0.1) is 25.3 Å². The predicted octanol–water partition coefficient (Wildman–Crippen LogP) is 1.92. The van der Waals surface area contributed by atoms with E-state index in [1.165, 1.54) is 7.11 Å². The smallest absolute Gasteiger partial charge is 0.475 e. The highest BCUT2D eigenvalue weighted by molar-refractivity contribution is 6.43. The highest BCUT2D eigenvalue weighted by atomic mass is 16.7. The van der Waals surface area contributed by atoms with Gasteiger partial charge in [-0.05, 0) is 35.7 Å². The molecule has 1 unspecified atom stereocenters. The molecule has 4 rings (SSSR count). The van der Waals surface area contributed by atoms with E-state index in [2.05, 4.69) is 15.8 Å². The molecule has 1 aliphatic rings. The van der Waals surface area contributed by atoms with Gasteiger partial charge >= 0.3 is 7.12 Å². The highest BCUT2D eigenvalue weighted by Gasteiger charge is 2.48. The van der Waals surface area contributed by atoms with E-state index in [9.17, 15) is 19.6 Å². The molecule has 0 spiro atoms. The third-order valence-corrected chi connectivity index (χ3v) is 6.35. The van der Waals surface area contributed by atoms with Gasteiger partial charge in [0.15, 0.2) is 0 Å². The molecule has 1 aliphatic heterocycles. The maximum absolute atomic E-state index is 13.6. The van der Waals surface area contributed by atoms with E-state index in [0.29, 0.717) is 17.0 Å². The minimum absolute atomic E-state index is 0.0793. The minimum Gasteiger partial charge on any atom is -0.497 e. The lowest BCUT2D eigenvalue weighted by Crippen LogP contribution is -2.56. The Hall–Kier alpha value is -4.15. The molecule has 196 valence electrons. The number of nitrogens with zero attached hydrogens (tertiary/aromatic N) is 1. The quantitative estimate of drug-likeness (QED) is 0.289. The van der Waals surface area contributed by atoms with Crippen LogP contribution in [0.4, 0.5) is 0 Å². The van der Waals surface area contributed by atoms with Gasteiger partial charge in [0.1, 0.15) is 5.75 Å². The van der Waals surface area contributed by atoms with Crippen molar-refractivity contribution < 1.29 is 29.2 Å². The van der Waals surface area contributed by atoms with Gasteiger partial charge < -0.3 is 30.3 Å². The van der Waals surface area contributed by atoms with E-state index < -0.39 is 24.6 Å². The number of methoxy groups -OCH3 is 1. The van der Waals surface area contributed by atoms with E-state index in [-0.39, 0.29) is 31.7 Å². The predicted molar refractivity (Wildman–Crippen MR) is 144 cm³/mol. The fourth-order valence-electron chi connectivity index (χ4n) is 4.31. The van der Waals surface area contributed by atoms with Crippen LogP contribution in [0.3, 0.4) is 0 Å². The molecule has 4 N–H and O–H groups in total. The zero-order chi connectivity index (χ0) is 27.0. The van der Waals surface area contributed by atoms with E-state index in [1.54, 1.807) is 24.3 Å². The van der Waals surface area contributed by atoms with Gasteiger partial charge in [-0.25, -0.2) is 0 Å². The number of carbonyl (C=O) groups excluding carboxylic acids is 2. The van der Waals surface area contributed by atoms with Crippen molar-refractivity contribution in [2.75, 3.05) is 13.7 Å². The lowest BCUT2D eigenvalue weighted by Gasteiger charge is -2.28. The summed E-state index contributed by atoms with van der Waals surface area (Å²) in [7, 11) is -0.254. The van der Waals surface area contributed by atoms with Crippen LogP contribution in [0.25, 0.3) is 0 Å². The zero-order valence-electron chi connectivity index (χ0n) is 21.0. The SMILES string of the molecule is COc1cccc(C(=O)NCC2=NOC(Cc3ccccc3)(C(=O)N[C@@H](Cc3ccccc3)B(O)O)C2)c1. The second-order valence-electron chi connectivity index (χ2n) is 9.18. The minimum atomic E-state index is -1.78. The first kappa shape index (κ1) is 26.9. The molecule has 1 heterocycles. The van der Waals surface area contributed by atoms with Gasteiger partial charge in [0, 0.05) is 18.4 Å². The molecule has 0 saturated carbocycles. The normalized spacial score (nSPS) is 17.1. The van der Waals surface area contributed by atoms with Crippen LogP contribution in [0.2, 0.25) is 0 Å². The maximum atomic E-state index is 13.6. The summed E-state index contributed by atoms with van der Waals surface area (Å²) in [6.07, 6.45) is 0.539. The van der Waals surface area contributed by atoms with Crippen LogP contribution in [0.15, 0.2) is 90.1 Å². The third kappa shape index (κ3) is 6.79. The van der Waals surface area contributed by atoms with Crippen molar-refractivity contribution in [1.29, 1.82) is 0 Å². The van der Waals surface area contributed by atoms with E-state index in [4.69, 9.17) is 9.57 Å². The van der Waals surface area contributed by atoms with Gasteiger partial charge in [0.25, 0.3) is 11.8 Å². The van der Waals surface area contributed by atoms with Crippen LogP contribution in [0.5, 0.6) is 5.75 Å². The average Bonchev–Trinajstić information content (AvgIpc) is 3.36. The number of carbonyl (C=O) groups is 2. The van der Waals surface area contributed by atoms with Crippen LogP contribution in [0, 0.1) is 0 Å². The summed E-state index contributed by atoms with van der Waals surface area (Å²) in [5.41, 5.74) is 1.19. The largest absolute Gasteiger partial charge is 0.497 e. The number of rotatable bonds is 11. The first-order valence-electron chi connectivity index (χ1n) is 12.3. The van der Waals surface area contributed by atoms with E-state index >= 15 is 0 Å². The Morgan fingerprint density at radius 3 is 2.37 bits per heavy atom. The van der Waals surface area contributed by atoms with Crippen molar-refractivity contribution in [3.05, 3.63) is 102 Å². The van der Waals surface area contributed by atoms with Crippen molar-refractivity contribution >= 4 is 24.6 Å². The Bertz CT molecular complexity index is 1270. The number of hydrogen-bond donors (Lipinski definition) is 4. The van der Waals surface area contributed by atoms with Crippen LogP contribution in [-0.4, -0.2) is 59.9 Å². The highest BCUT2D eigenvalue weighted by Crippen LogP contribution is 2.29. The molecule has 9 nitrogen and oxygen atoms in total. The second-order valence-corrected chi connectivity index (χ2v) is 9.18. The van der Waals surface area contributed by atoms with Crippen LogP contribution in [-0.2, 0) is 22.5 Å². The van der Waals surface area contributed by atoms with Crippen LogP contribution in [0.1, 0.15) is 27.9 Å². The average molecular weight is 515 g/mol. The zero-order valence-corrected chi connectivity index (χ0v) is 21.0. The molecule has 0 radical (unpaired) electrons. The molecule has 10 heteroatoms. The molecule has 3 aromatic carbocycles. The van der Waals surface area contributed by atoms with Crippen molar-refractivity contribution in [1.82, 2.24) is 10.6 Å². The number of oxime groups is 1. The fourth-order valence-corrected chi connectivity index (χ4v) is 4.31. The Balaban J connectivity index is 1.47. The Labute approximate surface area is 221 Å². The number of hydrogen-bond acceptors (Lipinski definition) is 7. The maximum Gasteiger partial charge on any atom is 0.475 e. The third-order valence-electron chi connectivity index (χ3n) is 6.35. The number of ether oxygens (including phenoxy) is 1. The van der Waals surface area contributed by atoms with Crippen molar-refractivity contribution in [3.63, 3.8) is 0 Å². The first-order chi connectivity index (χ1) is 18.4. The molecule has 2 atom stereocenters. The molecule has 0 aromatic heterocycles. The monoisotopic (exact) mass is 515 g/mol. The van der Waals surface area contributed by atoms with Crippen LogP contribution >= 0.6 is 0 Å². The van der Waals surface area contributed by atoms with E-state index in [0.717, 1.165) is 11.1 Å². The summed E-state index contributed by atoms with van der Waals surface area (Å²) in [6, 6.07) is 25.4. The molecule has 0 fully saturated rings. The topological polar surface area (TPSA) is 129 Å². The Kier molecular flexibility index (Phi) is 8.78. The molecule has 0 saturated heterocycles. The van der Waals surface area contributed by atoms with Gasteiger partial charge in [-0.15, -0.1) is 0 Å². The number of benzene rings is 3. The summed E-state index contributed by atoms with van der Waals surface area (Å²) >= 11 is 0. The van der Waals surface area contributed by atoms with Crippen molar-refractivity contribution in [2.45, 2.75) is 30.8 Å². The summed E-state index contributed by atoms with van der Waals surface area (Å²) in [5.74, 6) is -1.23. The van der Waals surface area contributed by atoms with Gasteiger partial charge in [0.2, 0.25) is 5.60 Å². The summed E-state index contributed by atoms with van der Waals surface area (Å²) in [4.78, 5) is 32.0. The van der Waals surface area contributed by atoms with Gasteiger partial charge in [-0.2, -0.15) is 0 Å². The molecular weight excluding hydrogens is 485 g/mol. The molecular formula is C28H30BN3O6. The van der Waals surface area contributed by atoms with Crippen molar-refractivity contribution in [3.8, 4) is 5.75 Å². The molecule has 0 bridgehead atoms. The summed E-state index contributed by atoms with van der Waals surface area (Å²) < 4.78 is 5.18. The second kappa shape index (κ2) is 12.4. The lowest BCUT2D eigenvalue weighted by molar-refractivity contribution is -0.144. The van der Waals surface area contributed by atoms with Gasteiger partial charge in [-0.1, -0.05) is 71.9 Å². The van der Waals surface area contributed by atoms with Crippen LogP contribution < -0.4 is 15.4 Å². The lowest BCUT2D eigenvalue weighted by atomic mass is 9.75. The Morgan fingerprint density at radius 1 is 1.03 bits per heavy atom. The standard InChI is InChI=1S/C28H30BN3O6/c1-37-24-14-8-13-22(16-24)26(33)30-19-23-18-28(38-32-23,17-21-11-6-3-7-12-21)27(34)31-25(29(35)36)15-20-9-4-2-5-10-20/h2-14,16,25,35-36H,15,17-19H2,1H3,(H,30,33)(H,31,34)/t25-,28?/m0/s1. The van der Waals surface area contributed by atoms with Gasteiger partial charge in [-0.3, -0.25) is 9.59 Å². The number of nitrogens with one attached hydrogen (secondary N) is 2. The van der Waals surface area contributed by atoms with Crippen molar-refractivity contribution in [2.24, 2.45) is 5.16 Å². The first-order valence-corrected chi connectivity index (χ1v) is 12.3. The Morgan fingerprint density at radius 2 is 1.71 bits per heavy atom. The molecule has 0 aliphatic carbocycles. The molecule has 2 amide bonds. The fraction of sp³-hybridized carbons (Fsp3) is 0.250.